The Morgan fingerprint density at radius 2 is 1.77 bits per heavy atom. The highest BCUT2D eigenvalue weighted by atomic mass is 35.5. The maximum atomic E-state index is 12.3. The van der Waals surface area contributed by atoms with Crippen molar-refractivity contribution in [3.8, 4) is 0 Å². The molecule has 0 radical (unpaired) electrons. The molecule has 1 amide bonds. The van der Waals surface area contributed by atoms with Gasteiger partial charge in [0.15, 0.2) is 0 Å². The summed E-state index contributed by atoms with van der Waals surface area (Å²) in [5, 5.41) is 3.25. The van der Waals surface area contributed by atoms with Crippen molar-refractivity contribution < 1.29 is 4.79 Å². The van der Waals surface area contributed by atoms with Crippen LogP contribution in [0, 0.1) is 13.8 Å². The molecule has 0 bridgehead atoms. The van der Waals surface area contributed by atoms with Crippen molar-refractivity contribution in [1.82, 2.24) is 4.98 Å². The molecule has 0 atom stereocenters. The fourth-order valence-corrected chi connectivity index (χ4v) is 3.57. The third-order valence-corrected chi connectivity index (χ3v) is 5.60. The van der Waals surface area contributed by atoms with Gasteiger partial charge in [0.2, 0.25) is 0 Å². The first-order chi connectivity index (χ1) is 12.4. The number of rotatable bonds is 4. The SMILES string of the molecule is Cc1ccc(C)c(Sc2ccc(NC(=O)c3cnc(Cl)c(Cl)c3)cc2)c1. The van der Waals surface area contributed by atoms with Crippen molar-refractivity contribution in [2.45, 2.75) is 23.6 Å². The van der Waals surface area contributed by atoms with Gasteiger partial charge >= 0.3 is 0 Å². The lowest BCUT2D eigenvalue weighted by Gasteiger charge is -2.09. The van der Waals surface area contributed by atoms with Crippen molar-refractivity contribution in [3.63, 3.8) is 0 Å². The summed E-state index contributed by atoms with van der Waals surface area (Å²) >= 11 is 13.4. The lowest BCUT2D eigenvalue weighted by atomic mass is 10.2. The molecule has 0 aliphatic rings. The van der Waals surface area contributed by atoms with Crippen LogP contribution in [0.25, 0.3) is 0 Å². The Balaban J connectivity index is 1.70. The van der Waals surface area contributed by atoms with Gasteiger partial charge in [-0.1, -0.05) is 47.1 Å². The molecule has 0 saturated heterocycles. The molecule has 0 unspecified atom stereocenters. The van der Waals surface area contributed by atoms with E-state index in [4.69, 9.17) is 23.2 Å². The second kappa shape index (κ2) is 8.12. The monoisotopic (exact) mass is 402 g/mol. The van der Waals surface area contributed by atoms with Gasteiger partial charge in [-0.2, -0.15) is 0 Å². The highest BCUT2D eigenvalue weighted by molar-refractivity contribution is 7.99. The Morgan fingerprint density at radius 3 is 2.46 bits per heavy atom. The van der Waals surface area contributed by atoms with Gasteiger partial charge in [-0.05, 0) is 61.4 Å². The van der Waals surface area contributed by atoms with E-state index in [0.29, 0.717) is 11.3 Å². The van der Waals surface area contributed by atoms with Crippen LogP contribution in [0.1, 0.15) is 21.5 Å². The largest absolute Gasteiger partial charge is 0.322 e. The van der Waals surface area contributed by atoms with Crippen LogP contribution in [0.5, 0.6) is 0 Å². The van der Waals surface area contributed by atoms with Crippen LogP contribution in [-0.2, 0) is 0 Å². The first kappa shape index (κ1) is 18.8. The number of hydrogen-bond acceptors (Lipinski definition) is 3. The zero-order chi connectivity index (χ0) is 18.7. The summed E-state index contributed by atoms with van der Waals surface area (Å²) in [4.78, 5) is 18.5. The second-order valence-electron chi connectivity index (χ2n) is 5.85. The number of carbonyl (C=O) groups excluding carboxylic acids is 1. The zero-order valence-electron chi connectivity index (χ0n) is 14.2. The number of carbonyl (C=O) groups is 1. The number of aryl methyl sites for hydroxylation is 2. The van der Waals surface area contributed by atoms with E-state index in [1.54, 1.807) is 11.8 Å². The first-order valence-corrected chi connectivity index (χ1v) is 9.47. The third kappa shape index (κ3) is 4.58. The van der Waals surface area contributed by atoms with Gasteiger partial charge in [-0.25, -0.2) is 4.98 Å². The summed E-state index contributed by atoms with van der Waals surface area (Å²) in [5.74, 6) is -0.286. The van der Waals surface area contributed by atoms with Gasteiger partial charge in [-0.15, -0.1) is 0 Å². The molecule has 1 aromatic heterocycles. The van der Waals surface area contributed by atoms with E-state index in [1.165, 1.54) is 28.3 Å². The predicted octanol–water partition coefficient (Wildman–Crippen LogP) is 6.41. The van der Waals surface area contributed by atoms with Crippen molar-refractivity contribution in [2.24, 2.45) is 0 Å². The summed E-state index contributed by atoms with van der Waals surface area (Å²) in [6, 6.07) is 15.6. The van der Waals surface area contributed by atoms with Gasteiger partial charge in [0.1, 0.15) is 5.15 Å². The number of aromatic nitrogens is 1. The molecule has 0 fully saturated rings. The van der Waals surface area contributed by atoms with Crippen LogP contribution in [0.4, 0.5) is 5.69 Å². The molecule has 3 rings (SSSR count). The number of anilines is 1. The van der Waals surface area contributed by atoms with E-state index < -0.39 is 0 Å². The van der Waals surface area contributed by atoms with Crippen molar-refractivity contribution in [2.75, 3.05) is 5.32 Å². The van der Waals surface area contributed by atoms with Crippen LogP contribution >= 0.6 is 35.0 Å². The quantitative estimate of drug-likeness (QED) is 0.512. The fourth-order valence-electron chi connectivity index (χ4n) is 2.30. The highest BCUT2D eigenvalue weighted by Gasteiger charge is 2.10. The van der Waals surface area contributed by atoms with Crippen LogP contribution in [0.3, 0.4) is 0 Å². The molecular formula is C20H16Cl2N2OS. The van der Waals surface area contributed by atoms with Gasteiger partial charge in [0.25, 0.3) is 5.91 Å². The first-order valence-electron chi connectivity index (χ1n) is 7.90. The lowest BCUT2D eigenvalue weighted by Crippen LogP contribution is -2.12. The van der Waals surface area contributed by atoms with Gasteiger partial charge in [0.05, 0.1) is 10.6 Å². The molecule has 1 N–H and O–H groups in total. The summed E-state index contributed by atoms with van der Waals surface area (Å²) in [7, 11) is 0. The van der Waals surface area contributed by atoms with Crippen LogP contribution < -0.4 is 5.32 Å². The molecule has 3 nitrogen and oxygen atoms in total. The second-order valence-corrected chi connectivity index (χ2v) is 7.73. The molecular weight excluding hydrogens is 387 g/mol. The number of pyridine rings is 1. The summed E-state index contributed by atoms with van der Waals surface area (Å²) < 4.78 is 0. The number of nitrogens with one attached hydrogen (secondary N) is 1. The topological polar surface area (TPSA) is 42.0 Å². The van der Waals surface area contributed by atoms with E-state index in [2.05, 4.69) is 42.3 Å². The number of benzene rings is 2. The summed E-state index contributed by atoms with van der Waals surface area (Å²) in [6.45, 7) is 4.18. The molecule has 2 aromatic carbocycles. The smallest absolute Gasteiger partial charge is 0.257 e. The van der Waals surface area contributed by atoms with Gasteiger partial charge in [0, 0.05) is 21.7 Å². The Hall–Kier alpha value is -2.01. The average Bonchev–Trinajstić information content (AvgIpc) is 2.62. The zero-order valence-corrected chi connectivity index (χ0v) is 16.5. The molecule has 0 aliphatic heterocycles. The van der Waals surface area contributed by atoms with E-state index in [-0.39, 0.29) is 16.1 Å². The molecule has 0 spiro atoms. The third-order valence-electron chi connectivity index (χ3n) is 3.74. The molecule has 132 valence electrons. The van der Waals surface area contributed by atoms with Gasteiger partial charge in [-0.3, -0.25) is 4.79 Å². The molecule has 1 heterocycles. The van der Waals surface area contributed by atoms with Crippen molar-refractivity contribution in [3.05, 3.63) is 81.6 Å². The van der Waals surface area contributed by atoms with Crippen molar-refractivity contribution in [1.29, 1.82) is 0 Å². The van der Waals surface area contributed by atoms with E-state index >= 15 is 0 Å². The normalized spacial score (nSPS) is 10.6. The molecule has 6 heteroatoms. The maximum absolute atomic E-state index is 12.3. The Bertz CT molecular complexity index is 959. The molecule has 26 heavy (non-hydrogen) atoms. The Morgan fingerprint density at radius 1 is 1.04 bits per heavy atom. The Kier molecular flexibility index (Phi) is 5.87. The summed E-state index contributed by atoms with van der Waals surface area (Å²) in [6.07, 6.45) is 1.40. The molecule has 0 saturated carbocycles. The number of amides is 1. The fraction of sp³-hybridized carbons (Fsp3) is 0.100. The van der Waals surface area contributed by atoms with Crippen molar-refractivity contribution >= 4 is 46.6 Å². The van der Waals surface area contributed by atoms with E-state index in [9.17, 15) is 4.79 Å². The molecule has 0 aliphatic carbocycles. The standard InChI is InChI=1S/C20H16Cl2N2OS/c1-12-3-4-13(2)18(9-12)26-16-7-5-15(6-8-16)24-20(25)14-10-17(21)19(22)23-11-14/h3-11H,1-2H3,(H,24,25). The minimum absolute atomic E-state index is 0.177. The minimum Gasteiger partial charge on any atom is -0.322 e. The van der Waals surface area contributed by atoms with E-state index in [1.807, 2.05) is 24.3 Å². The highest BCUT2D eigenvalue weighted by Crippen LogP contribution is 2.31. The number of nitrogens with zero attached hydrogens (tertiary/aromatic N) is 1. The summed E-state index contributed by atoms with van der Waals surface area (Å²) in [5.41, 5.74) is 3.53. The minimum atomic E-state index is -0.286. The lowest BCUT2D eigenvalue weighted by molar-refractivity contribution is 0.102. The maximum Gasteiger partial charge on any atom is 0.257 e. The average molecular weight is 403 g/mol. The van der Waals surface area contributed by atoms with Gasteiger partial charge < -0.3 is 5.32 Å². The Labute approximate surface area is 166 Å². The van der Waals surface area contributed by atoms with Crippen LogP contribution in [0.2, 0.25) is 10.2 Å². The van der Waals surface area contributed by atoms with E-state index in [0.717, 1.165) is 4.90 Å². The number of hydrogen-bond donors (Lipinski definition) is 1. The molecule has 3 aromatic rings. The predicted molar refractivity (Wildman–Crippen MR) is 109 cm³/mol. The van der Waals surface area contributed by atoms with Crippen LogP contribution in [0.15, 0.2) is 64.5 Å². The number of halogens is 2. The van der Waals surface area contributed by atoms with Crippen LogP contribution in [-0.4, -0.2) is 10.9 Å².